The first-order valence-electron chi connectivity index (χ1n) is 9.40. The molecule has 140 valence electrons. The first kappa shape index (κ1) is 17.9. The molecular weight excluding hydrogens is 358 g/mol. The van der Waals surface area contributed by atoms with Gasteiger partial charge in [0.25, 0.3) is 5.56 Å². The van der Waals surface area contributed by atoms with Crippen molar-refractivity contribution in [3.05, 3.63) is 56.4 Å². The number of rotatable bonds is 4. The second kappa shape index (κ2) is 7.27. The van der Waals surface area contributed by atoms with Crippen molar-refractivity contribution in [3.8, 4) is 0 Å². The molecule has 6 heteroatoms. The Morgan fingerprint density at radius 1 is 1.26 bits per heavy atom. The van der Waals surface area contributed by atoms with E-state index in [9.17, 15) is 9.59 Å². The molecule has 2 heterocycles. The number of carbonyl (C=O) groups is 1. The number of benzene rings is 1. The third kappa shape index (κ3) is 3.54. The Morgan fingerprint density at radius 2 is 2.07 bits per heavy atom. The van der Waals surface area contributed by atoms with E-state index in [0.29, 0.717) is 6.54 Å². The summed E-state index contributed by atoms with van der Waals surface area (Å²) in [5, 5.41) is 3.72. The van der Waals surface area contributed by atoms with Crippen molar-refractivity contribution in [1.29, 1.82) is 0 Å². The first-order chi connectivity index (χ1) is 13.0. The molecule has 27 heavy (non-hydrogen) atoms. The molecule has 1 amide bonds. The van der Waals surface area contributed by atoms with Crippen molar-refractivity contribution in [1.82, 2.24) is 9.55 Å². The molecule has 0 saturated carbocycles. The van der Waals surface area contributed by atoms with Crippen molar-refractivity contribution in [2.24, 2.45) is 0 Å². The maximum absolute atomic E-state index is 12.9. The van der Waals surface area contributed by atoms with Crippen LogP contribution in [0.25, 0.3) is 10.2 Å². The summed E-state index contributed by atoms with van der Waals surface area (Å²) in [5.41, 5.74) is 4.13. The lowest BCUT2D eigenvalue weighted by atomic mass is 9.97. The van der Waals surface area contributed by atoms with E-state index in [2.05, 4.69) is 10.3 Å². The van der Waals surface area contributed by atoms with Gasteiger partial charge in [0.1, 0.15) is 4.83 Å². The number of carbonyl (C=O) groups excluding carboxylic acids is 1. The molecule has 1 aliphatic carbocycles. The van der Waals surface area contributed by atoms with Gasteiger partial charge in [-0.1, -0.05) is 12.1 Å². The van der Waals surface area contributed by atoms with Gasteiger partial charge in [0.15, 0.2) is 0 Å². The highest BCUT2D eigenvalue weighted by atomic mass is 32.1. The monoisotopic (exact) mass is 381 g/mol. The number of nitrogens with one attached hydrogen (secondary N) is 1. The second-order valence-electron chi connectivity index (χ2n) is 7.25. The summed E-state index contributed by atoms with van der Waals surface area (Å²) in [6.07, 6.45) is 6.15. The van der Waals surface area contributed by atoms with Gasteiger partial charge in [-0.15, -0.1) is 11.3 Å². The molecule has 0 radical (unpaired) electrons. The first-order valence-corrected chi connectivity index (χ1v) is 10.2. The molecule has 0 atom stereocenters. The van der Waals surface area contributed by atoms with E-state index in [-0.39, 0.29) is 17.9 Å². The van der Waals surface area contributed by atoms with Crippen LogP contribution in [-0.4, -0.2) is 15.5 Å². The molecule has 0 unspecified atom stereocenters. The Bertz CT molecular complexity index is 1080. The van der Waals surface area contributed by atoms with Crippen LogP contribution in [0.3, 0.4) is 0 Å². The summed E-state index contributed by atoms with van der Waals surface area (Å²) >= 11 is 1.65. The summed E-state index contributed by atoms with van der Waals surface area (Å²) in [6.45, 7) is 4.30. The second-order valence-corrected chi connectivity index (χ2v) is 8.33. The molecule has 1 aromatic carbocycles. The zero-order chi connectivity index (χ0) is 19.0. The largest absolute Gasteiger partial charge is 0.326 e. The Hall–Kier alpha value is -2.47. The van der Waals surface area contributed by atoms with Crippen molar-refractivity contribution in [2.75, 3.05) is 5.32 Å². The summed E-state index contributed by atoms with van der Waals surface area (Å²) in [5.74, 6) is -0.0944. The molecule has 0 spiro atoms. The summed E-state index contributed by atoms with van der Waals surface area (Å²) in [4.78, 5) is 31.9. The van der Waals surface area contributed by atoms with Crippen LogP contribution in [-0.2, 0) is 24.2 Å². The lowest BCUT2D eigenvalue weighted by Crippen LogP contribution is -2.24. The molecule has 0 fully saturated rings. The van der Waals surface area contributed by atoms with Crippen LogP contribution in [0.4, 0.5) is 5.69 Å². The van der Waals surface area contributed by atoms with E-state index in [1.165, 1.54) is 16.9 Å². The normalized spacial score (nSPS) is 13.6. The predicted molar refractivity (Wildman–Crippen MR) is 110 cm³/mol. The van der Waals surface area contributed by atoms with Crippen molar-refractivity contribution in [3.63, 3.8) is 0 Å². The number of aromatic nitrogens is 2. The Morgan fingerprint density at radius 3 is 2.93 bits per heavy atom. The molecule has 0 bridgehead atoms. The van der Waals surface area contributed by atoms with Crippen LogP contribution in [0.15, 0.2) is 29.3 Å². The topological polar surface area (TPSA) is 64.0 Å². The Balaban J connectivity index is 1.52. The number of hydrogen-bond acceptors (Lipinski definition) is 4. The molecule has 0 aliphatic heterocycles. The number of aryl methyl sites for hydroxylation is 5. The maximum atomic E-state index is 12.9. The fourth-order valence-corrected chi connectivity index (χ4v) is 4.87. The van der Waals surface area contributed by atoms with E-state index in [1.807, 2.05) is 32.0 Å². The van der Waals surface area contributed by atoms with Gasteiger partial charge in [-0.25, -0.2) is 4.98 Å². The van der Waals surface area contributed by atoms with Gasteiger partial charge in [-0.2, -0.15) is 0 Å². The minimum Gasteiger partial charge on any atom is -0.326 e. The van der Waals surface area contributed by atoms with Crippen molar-refractivity contribution in [2.45, 2.75) is 52.5 Å². The molecule has 2 aromatic heterocycles. The number of amides is 1. The van der Waals surface area contributed by atoms with Gasteiger partial charge in [-0.3, -0.25) is 14.2 Å². The van der Waals surface area contributed by atoms with Crippen LogP contribution in [0.2, 0.25) is 0 Å². The number of nitrogens with zero attached hydrogens (tertiary/aromatic N) is 2. The van der Waals surface area contributed by atoms with Crippen LogP contribution in [0, 0.1) is 13.8 Å². The highest BCUT2D eigenvalue weighted by Gasteiger charge is 2.20. The third-order valence-electron chi connectivity index (χ3n) is 5.19. The minimum absolute atomic E-state index is 0.0149. The van der Waals surface area contributed by atoms with E-state index in [1.54, 1.807) is 22.2 Å². The SMILES string of the molecule is Cc1ccc(C)c(NC(=O)CCn2cnc3sc4c(c3c2=O)CCCC4)c1. The fourth-order valence-electron chi connectivity index (χ4n) is 3.65. The number of thiophene rings is 1. The molecule has 1 aliphatic rings. The predicted octanol–water partition coefficient (Wildman–Crippen LogP) is 3.98. The van der Waals surface area contributed by atoms with Gasteiger partial charge in [0, 0.05) is 23.5 Å². The average Bonchev–Trinajstić information content (AvgIpc) is 3.03. The fraction of sp³-hybridized carbons (Fsp3) is 0.381. The molecule has 1 N–H and O–H groups in total. The number of hydrogen-bond donors (Lipinski definition) is 1. The van der Waals surface area contributed by atoms with Gasteiger partial charge >= 0.3 is 0 Å². The number of anilines is 1. The minimum atomic E-state index is -0.0944. The average molecular weight is 382 g/mol. The van der Waals surface area contributed by atoms with E-state index >= 15 is 0 Å². The highest BCUT2D eigenvalue weighted by Crippen LogP contribution is 2.33. The van der Waals surface area contributed by atoms with Crippen LogP contribution < -0.4 is 10.9 Å². The standard InChI is InChI=1S/C21H23N3O2S/c1-13-7-8-14(2)16(11-13)23-18(25)9-10-24-12-22-20-19(21(24)26)15-5-3-4-6-17(15)27-20/h7-8,11-12H,3-6,9-10H2,1-2H3,(H,23,25). The van der Waals surface area contributed by atoms with Crippen LogP contribution in [0.1, 0.15) is 40.8 Å². The Kier molecular flexibility index (Phi) is 4.83. The van der Waals surface area contributed by atoms with Crippen molar-refractivity contribution >= 4 is 33.1 Å². The van der Waals surface area contributed by atoms with Gasteiger partial charge < -0.3 is 5.32 Å². The zero-order valence-electron chi connectivity index (χ0n) is 15.7. The molecule has 0 saturated heterocycles. The van der Waals surface area contributed by atoms with E-state index in [0.717, 1.165) is 46.3 Å². The summed E-state index contributed by atoms with van der Waals surface area (Å²) in [7, 11) is 0. The molecular formula is C21H23N3O2S. The van der Waals surface area contributed by atoms with Crippen molar-refractivity contribution < 1.29 is 4.79 Å². The molecule has 3 aromatic rings. The Labute approximate surface area is 162 Å². The van der Waals surface area contributed by atoms with E-state index < -0.39 is 0 Å². The lowest BCUT2D eigenvalue weighted by Gasteiger charge is -2.11. The maximum Gasteiger partial charge on any atom is 0.262 e. The van der Waals surface area contributed by atoms with Gasteiger partial charge in [0.05, 0.1) is 11.7 Å². The van der Waals surface area contributed by atoms with Crippen LogP contribution in [0.5, 0.6) is 0 Å². The van der Waals surface area contributed by atoms with Gasteiger partial charge in [0.2, 0.25) is 5.91 Å². The smallest absolute Gasteiger partial charge is 0.262 e. The summed E-state index contributed by atoms with van der Waals surface area (Å²) < 4.78 is 1.58. The highest BCUT2D eigenvalue weighted by molar-refractivity contribution is 7.18. The molecule has 4 rings (SSSR count). The third-order valence-corrected chi connectivity index (χ3v) is 6.39. The van der Waals surface area contributed by atoms with Crippen LogP contribution >= 0.6 is 11.3 Å². The van der Waals surface area contributed by atoms with E-state index in [4.69, 9.17) is 0 Å². The van der Waals surface area contributed by atoms with Gasteiger partial charge in [-0.05, 0) is 62.3 Å². The quantitative estimate of drug-likeness (QED) is 0.743. The molecule has 5 nitrogen and oxygen atoms in total. The number of fused-ring (bicyclic) bond motifs is 3. The zero-order valence-corrected chi connectivity index (χ0v) is 16.5. The lowest BCUT2D eigenvalue weighted by molar-refractivity contribution is -0.116. The summed E-state index contributed by atoms with van der Waals surface area (Å²) in [6, 6.07) is 5.98.